The molecule has 1 heterocycles. The van der Waals surface area contributed by atoms with Crippen molar-refractivity contribution in [2.24, 2.45) is 0 Å². The molecule has 0 saturated carbocycles. The third kappa shape index (κ3) is 3.17. The molecular formula is C11H14N2O4. The van der Waals surface area contributed by atoms with Crippen LogP contribution in [-0.2, 0) is 9.47 Å². The van der Waals surface area contributed by atoms with Crippen LogP contribution in [0.5, 0.6) is 0 Å². The third-order valence-corrected chi connectivity index (χ3v) is 1.90. The van der Waals surface area contributed by atoms with Crippen molar-refractivity contribution < 1.29 is 19.1 Å². The molecule has 6 nitrogen and oxygen atoms in total. The van der Waals surface area contributed by atoms with Crippen molar-refractivity contribution in [3.05, 3.63) is 23.4 Å². The van der Waals surface area contributed by atoms with Crippen LogP contribution in [0, 0.1) is 0 Å². The van der Waals surface area contributed by atoms with Crippen molar-refractivity contribution in [3.63, 3.8) is 0 Å². The van der Waals surface area contributed by atoms with Gasteiger partial charge < -0.3 is 15.2 Å². The van der Waals surface area contributed by atoms with E-state index in [-0.39, 0.29) is 30.3 Å². The average Bonchev–Trinajstić information content (AvgIpc) is 2.29. The molecule has 92 valence electrons. The third-order valence-electron chi connectivity index (χ3n) is 1.90. The summed E-state index contributed by atoms with van der Waals surface area (Å²) in [5.41, 5.74) is 5.77. The summed E-state index contributed by atoms with van der Waals surface area (Å²) < 4.78 is 9.54. The minimum absolute atomic E-state index is 0.0472. The van der Waals surface area contributed by atoms with Gasteiger partial charge in [-0.2, -0.15) is 0 Å². The number of ether oxygens (including phenoxy) is 2. The van der Waals surface area contributed by atoms with Crippen LogP contribution in [0.3, 0.4) is 0 Å². The van der Waals surface area contributed by atoms with Crippen LogP contribution >= 0.6 is 0 Å². The van der Waals surface area contributed by atoms with Gasteiger partial charge in [-0.3, -0.25) is 0 Å². The van der Waals surface area contributed by atoms with Gasteiger partial charge in [-0.15, -0.1) is 0 Å². The normalized spacial score (nSPS) is 9.76. The van der Waals surface area contributed by atoms with Gasteiger partial charge in [0.05, 0.1) is 13.2 Å². The lowest BCUT2D eigenvalue weighted by Gasteiger charge is -2.06. The highest BCUT2D eigenvalue weighted by Crippen LogP contribution is 2.12. The van der Waals surface area contributed by atoms with Crippen molar-refractivity contribution in [3.8, 4) is 0 Å². The Morgan fingerprint density at radius 3 is 2.29 bits per heavy atom. The fourth-order valence-corrected chi connectivity index (χ4v) is 1.18. The number of hydrogen-bond donors (Lipinski definition) is 1. The van der Waals surface area contributed by atoms with Gasteiger partial charge in [-0.1, -0.05) is 0 Å². The van der Waals surface area contributed by atoms with Crippen molar-refractivity contribution in [1.29, 1.82) is 0 Å². The van der Waals surface area contributed by atoms with Crippen LogP contribution in [0.1, 0.15) is 34.7 Å². The van der Waals surface area contributed by atoms with Crippen molar-refractivity contribution in [2.75, 3.05) is 18.9 Å². The lowest BCUT2D eigenvalue weighted by atomic mass is 10.2. The standard InChI is InChI=1S/C11H14N2O4/c1-3-16-10(14)7-5-6-8(13-9(7)12)11(15)17-4-2/h5-6H,3-4H2,1-2H3,(H2,12,13). The van der Waals surface area contributed by atoms with Crippen LogP contribution in [0.25, 0.3) is 0 Å². The number of nitrogen functional groups attached to an aromatic ring is 1. The lowest BCUT2D eigenvalue weighted by Crippen LogP contribution is -2.13. The molecule has 1 rings (SSSR count). The summed E-state index contributed by atoms with van der Waals surface area (Å²) in [5, 5.41) is 0. The minimum atomic E-state index is -0.574. The maximum absolute atomic E-state index is 11.4. The SMILES string of the molecule is CCOC(=O)c1ccc(C(=O)OCC)c(N)n1. The number of nitrogens with zero attached hydrogens (tertiary/aromatic N) is 1. The van der Waals surface area contributed by atoms with Gasteiger partial charge in [0, 0.05) is 0 Å². The summed E-state index contributed by atoms with van der Waals surface area (Å²) in [5.74, 6) is -1.18. The van der Waals surface area contributed by atoms with E-state index in [1.165, 1.54) is 12.1 Å². The van der Waals surface area contributed by atoms with E-state index in [0.717, 1.165) is 0 Å². The fourth-order valence-electron chi connectivity index (χ4n) is 1.18. The van der Waals surface area contributed by atoms with Crippen molar-refractivity contribution >= 4 is 17.8 Å². The van der Waals surface area contributed by atoms with E-state index in [0.29, 0.717) is 0 Å². The Bertz CT molecular complexity index is 431. The maximum atomic E-state index is 11.4. The highest BCUT2D eigenvalue weighted by molar-refractivity contribution is 5.96. The zero-order chi connectivity index (χ0) is 12.8. The molecule has 17 heavy (non-hydrogen) atoms. The van der Waals surface area contributed by atoms with Crippen LogP contribution < -0.4 is 5.73 Å². The van der Waals surface area contributed by atoms with E-state index in [4.69, 9.17) is 15.2 Å². The summed E-state index contributed by atoms with van der Waals surface area (Å²) in [7, 11) is 0. The monoisotopic (exact) mass is 238 g/mol. The predicted octanol–water partition coefficient (Wildman–Crippen LogP) is 1.02. The molecule has 1 aromatic heterocycles. The van der Waals surface area contributed by atoms with Crippen LogP contribution in [-0.4, -0.2) is 30.1 Å². The zero-order valence-corrected chi connectivity index (χ0v) is 9.73. The molecule has 0 amide bonds. The molecule has 0 aromatic carbocycles. The Labute approximate surface area is 98.7 Å². The van der Waals surface area contributed by atoms with Crippen molar-refractivity contribution in [2.45, 2.75) is 13.8 Å². The number of hydrogen-bond acceptors (Lipinski definition) is 6. The minimum Gasteiger partial charge on any atom is -0.462 e. The van der Waals surface area contributed by atoms with Crippen LogP contribution in [0.2, 0.25) is 0 Å². The van der Waals surface area contributed by atoms with E-state index >= 15 is 0 Å². The predicted molar refractivity (Wildman–Crippen MR) is 60.6 cm³/mol. The Kier molecular flexibility index (Phi) is 4.45. The number of rotatable bonds is 4. The van der Waals surface area contributed by atoms with Gasteiger partial charge in [-0.25, -0.2) is 14.6 Å². The first-order valence-electron chi connectivity index (χ1n) is 5.20. The van der Waals surface area contributed by atoms with Crippen LogP contribution in [0.4, 0.5) is 5.82 Å². The highest BCUT2D eigenvalue weighted by Gasteiger charge is 2.15. The van der Waals surface area contributed by atoms with Gasteiger partial charge in [0.25, 0.3) is 0 Å². The second kappa shape index (κ2) is 5.83. The number of esters is 2. The molecule has 2 N–H and O–H groups in total. The molecule has 0 spiro atoms. The quantitative estimate of drug-likeness (QED) is 0.787. The molecular weight excluding hydrogens is 224 g/mol. The van der Waals surface area contributed by atoms with E-state index in [1.807, 2.05) is 0 Å². The highest BCUT2D eigenvalue weighted by atomic mass is 16.5. The molecule has 0 fully saturated rings. The Morgan fingerprint density at radius 1 is 1.18 bits per heavy atom. The maximum Gasteiger partial charge on any atom is 0.356 e. The van der Waals surface area contributed by atoms with Gasteiger partial charge in [0.2, 0.25) is 0 Å². The van der Waals surface area contributed by atoms with E-state index in [2.05, 4.69) is 4.98 Å². The van der Waals surface area contributed by atoms with E-state index < -0.39 is 11.9 Å². The summed E-state index contributed by atoms with van der Waals surface area (Å²) >= 11 is 0. The molecule has 0 aliphatic heterocycles. The summed E-state index contributed by atoms with van der Waals surface area (Å²) in [6.07, 6.45) is 0. The smallest absolute Gasteiger partial charge is 0.356 e. The summed E-state index contributed by atoms with van der Waals surface area (Å²) in [6, 6.07) is 2.77. The van der Waals surface area contributed by atoms with Crippen LogP contribution in [0.15, 0.2) is 12.1 Å². The molecule has 6 heteroatoms. The topological polar surface area (TPSA) is 91.5 Å². The number of carbonyl (C=O) groups excluding carboxylic acids is 2. The number of aromatic nitrogens is 1. The summed E-state index contributed by atoms with van der Waals surface area (Å²) in [6.45, 7) is 3.88. The molecule has 0 aliphatic rings. The number of anilines is 1. The molecule has 0 radical (unpaired) electrons. The number of nitrogens with two attached hydrogens (primary N) is 1. The van der Waals surface area contributed by atoms with Gasteiger partial charge in [0.1, 0.15) is 11.4 Å². The first kappa shape index (κ1) is 13.0. The van der Waals surface area contributed by atoms with Crippen molar-refractivity contribution in [1.82, 2.24) is 4.98 Å². The largest absolute Gasteiger partial charge is 0.462 e. The Morgan fingerprint density at radius 2 is 1.76 bits per heavy atom. The van der Waals surface area contributed by atoms with E-state index in [9.17, 15) is 9.59 Å². The molecule has 0 saturated heterocycles. The zero-order valence-electron chi connectivity index (χ0n) is 9.73. The lowest BCUT2D eigenvalue weighted by molar-refractivity contribution is 0.0507. The number of carbonyl (C=O) groups is 2. The fraction of sp³-hybridized carbons (Fsp3) is 0.364. The molecule has 0 atom stereocenters. The number of pyridine rings is 1. The first-order chi connectivity index (χ1) is 8.10. The van der Waals surface area contributed by atoms with Gasteiger partial charge in [-0.05, 0) is 26.0 Å². The molecule has 0 bridgehead atoms. The molecule has 1 aromatic rings. The van der Waals surface area contributed by atoms with Gasteiger partial charge >= 0.3 is 11.9 Å². The Hall–Kier alpha value is -2.11. The van der Waals surface area contributed by atoms with Gasteiger partial charge in [0.15, 0.2) is 5.69 Å². The first-order valence-corrected chi connectivity index (χ1v) is 5.20. The second-order valence-electron chi connectivity index (χ2n) is 3.07. The Balaban J connectivity index is 2.93. The molecule has 0 unspecified atom stereocenters. The second-order valence-corrected chi connectivity index (χ2v) is 3.07. The molecule has 0 aliphatic carbocycles. The summed E-state index contributed by atoms with van der Waals surface area (Å²) in [4.78, 5) is 26.6. The van der Waals surface area contributed by atoms with E-state index in [1.54, 1.807) is 13.8 Å². The average molecular weight is 238 g/mol.